The van der Waals surface area contributed by atoms with Gasteiger partial charge in [0.1, 0.15) is 13.1 Å². The van der Waals surface area contributed by atoms with Crippen molar-refractivity contribution < 1.29 is 4.48 Å². The number of nitriles is 1. The molecular weight excluding hydrogens is 150 g/mol. The van der Waals surface area contributed by atoms with Crippen LogP contribution >= 0.6 is 0 Å². The van der Waals surface area contributed by atoms with E-state index < -0.39 is 0 Å². The summed E-state index contributed by atoms with van der Waals surface area (Å²) in [4.78, 5) is 0. The summed E-state index contributed by atoms with van der Waals surface area (Å²) >= 11 is 0. The van der Waals surface area contributed by atoms with Crippen LogP contribution in [0, 0.1) is 17.4 Å². The number of hydrogen-bond acceptors (Lipinski definition) is 2. The van der Waals surface area contributed by atoms with Crippen LogP contribution in [0.5, 0.6) is 0 Å². The minimum absolute atomic E-state index is 0.503. The van der Waals surface area contributed by atoms with E-state index in [9.17, 15) is 0 Å². The number of nitrogens with one attached hydrogen (secondary N) is 1. The van der Waals surface area contributed by atoms with Gasteiger partial charge in [0.05, 0.1) is 13.1 Å². The maximum absolute atomic E-state index is 8.94. The van der Waals surface area contributed by atoms with E-state index in [0.717, 1.165) is 19.6 Å². The highest BCUT2D eigenvalue weighted by Gasteiger charge is 2.32. The van der Waals surface area contributed by atoms with E-state index in [1.807, 2.05) is 7.05 Å². The fourth-order valence-corrected chi connectivity index (χ4v) is 1.62. The van der Waals surface area contributed by atoms with Gasteiger partial charge in [0.15, 0.2) is 0 Å². The van der Waals surface area contributed by atoms with E-state index in [2.05, 4.69) is 25.4 Å². The summed E-state index contributed by atoms with van der Waals surface area (Å²) in [5.41, 5.74) is 0. The number of hydrogen-bond donors (Lipinski definition) is 1. The molecule has 0 spiro atoms. The first kappa shape index (κ1) is 9.50. The molecule has 0 radical (unpaired) electrons. The molecule has 1 heterocycles. The molecule has 3 nitrogen and oxygen atoms in total. The van der Waals surface area contributed by atoms with E-state index in [4.69, 9.17) is 5.26 Å². The van der Waals surface area contributed by atoms with Crippen LogP contribution in [0.15, 0.2) is 0 Å². The molecule has 0 amide bonds. The van der Waals surface area contributed by atoms with Crippen LogP contribution in [0.25, 0.3) is 0 Å². The van der Waals surface area contributed by atoms with E-state index in [1.165, 1.54) is 0 Å². The molecule has 1 fully saturated rings. The zero-order valence-electron chi connectivity index (χ0n) is 8.17. The number of rotatable bonds is 1. The summed E-state index contributed by atoms with van der Waals surface area (Å²) < 4.78 is 0.551. The second kappa shape index (κ2) is 3.42. The van der Waals surface area contributed by atoms with Gasteiger partial charge in [-0.1, -0.05) is 13.8 Å². The first-order valence-corrected chi connectivity index (χ1v) is 4.57. The maximum atomic E-state index is 8.94. The van der Waals surface area contributed by atoms with E-state index >= 15 is 0 Å². The molecule has 2 unspecified atom stereocenters. The molecule has 0 aromatic heterocycles. The van der Waals surface area contributed by atoms with Crippen LogP contribution in [0.3, 0.4) is 0 Å². The topological polar surface area (TPSA) is 35.8 Å². The molecule has 1 rings (SSSR count). The molecule has 1 aliphatic heterocycles. The Kier molecular flexibility index (Phi) is 2.71. The van der Waals surface area contributed by atoms with Crippen LogP contribution in [0.4, 0.5) is 0 Å². The SMILES string of the molecule is CC(C)C1C[N+](C)(C#N)CCN1. The molecule has 0 aromatic carbocycles. The van der Waals surface area contributed by atoms with Crippen molar-refractivity contribution in [1.29, 1.82) is 5.26 Å². The van der Waals surface area contributed by atoms with Crippen molar-refractivity contribution in [2.75, 3.05) is 26.7 Å². The maximum Gasteiger partial charge on any atom is 0.308 e. The molecule has 1 aliphatic rings. The largest absolute Gasteiger partial charge is 0.308 e. The molecule has 0 saturated carbocycles. The molecular formula is C9H18N3+. The fraction of sp³-hybridized carbons (Fsp3) is 0.889. The van der Waals surface area contributed by atoms with Crippen molar-refractivity contribution in [2.24, 2.45) is 5.92 Å². The highest BCUT2D eigenvalue weighted by Crippen LogP contribution is 2.12. The Morgan fingerprint density at radius 1 is 1.58 bits per heavy atom. The van der Waals surface area contributed by atoms with Crippen molar-refractivity contribution in [2.45, 2.75) is 19.9 Å². The van der Waals surface area contributed by atoms with Crippen LogP contribution in [-0.2, 0) is 0 Å². The van der Waals surface area contributed by atoms with Crippen molar-refractivity contribution >= 4 is 0 Å². The van der Waals surface area contributed by atoms with Gasteiger partial charge in [-0.3, -0.25) is 0 Å². The second-order valence-corrected chi connectivity index (χ2v) is 4.21. The molecule has 2 atom stereocenters. The molecule has 0 aliphatic carbocycles. The average molecular weight is 168 g/mol. The number of likely N-dealkylation sites (N-methyl/N-ethyl adjacent to an activating group) is 1. The lowest BCUT2D eigenvalue weighted by Crippen LogP contribution is -2.59. The monoisotopic (exact) mass is 168 g/mol. The molecule has 0 aromatic rings. The van der Waals surface area contributed by atoms with Gasteiger partial charge in [0.2, 0.25) is 0 Å². The molecule has 0 bridgehead atoms. The van der Waals surface area contributed by atoms with Crippen LogP contribution in [0.1, 0.15) is 13.8 Å². The van der Waals surface area contributed by atoms with Gasteiger partial charge < -0.3 is 5.32 Å². The molecule has 12 heavy (non-hydrogen) atoms. The first-order valence-electron chi connectivity index (χ1n) is 4.57. The Hall–Kier alpha value is -0.590. The fourth-order valence-electron chi connectivity index (χ4n) is 1.62. The zero-order chi connectivity index (χ0) is 9.19. The third-order valence-electron chi connectivity index (χ3n) is 2.66. The third kappa shape index (κ3) is 1.96. The number of piperazine rings is 1. The quantitative estimate of drug-likeness (QED) is 0.458. The second-order valence-electron chi connectivity index (χ2n) is 4.21. The van der Waals surface area contributed by atoms with Crippen molar-refractivity contribution in [3.8, 4) is 6.19 Å². The van der Waals surface area contributed by atoms with Gasteiger partial charge in [-0.15, -0.1) is 5.26 Å². The zero-order valence-corrected chi connectivity index (χ0v) is 8.17. The van der Waals surface area contributed by atoms with Crippen molar-refractivity contribution in [1.82, 2.24) is 5.32 Å². The lowest BCUT2D eigenvalue weighted by Gasteiger charge is -2.36. The Morgan fingerprint density at radius 2 is 2.25 bits per heavy atom. The molecule has 1 saturated heterocycles. The van der Waals surface area contributed by atoms with Gasteiger partial charge in [0, 0.05) is 6.54 Å². The lowest BCUT2D eigenvalue weighted by molar-refractivity contribution is -0.851. The highest BCUT2D eigenvalue weighted by molar-refractivity contribution is 4.76. The van der Waals surface area contributed by atoms with Crippen molar-refractivity contribution in [3.63, 3.8) is 0 Å². The normalized spacial score (nSPS) is 36.4. The minimum Gasteiger partial charge on any atom is -0.303 e. The Bertz CT molecular complexity index is 194. The Labute approximate surface area is 74.6 Å². The Balaban J connectivity index is 2.58. The smallest absolute Gasteiger partial charge is 0.303 e. The van der Waals surface area contributed by atoms with Gasteiger partial charge in [-0.25, -0.2) is 4.48 Å². The summed E-state index contributed by atoms with van der Waals surface area (Å²) in [6.07, 6.45) is 2.36. The average Bonchev–Trinajstić information content (AvgIpc) is 2.05. The van der Waals surface area contributed by atoms with E-state index in [0.29, 0.717) is 16.4 Å². The molecule has 1 N–H and O–H groups in total. The van der Waals surface area contributed by atoms with Gasteiger partial charge in [0.25, 0.3) is 0 Å². The van der Waals surface area contributed by atoms with Crippen LogP contribution in [-0.4, -0.2) is 37.2 Å². The summed E-state index contributed by atoms with van der Waals surface area (Å²) in [6, 6.07) is 0.503. The Morgan fingerprint density at radius 3 is 2.75 bits per heavy atom. The summed E-state index contributed by atoms with van der Waals surface area (Å²) in [5, 5.41) is 12.4. The van der Waals surface area contributed by atoms with Gasteiger partial charge in [-0.2, -0.15) is 0 Å². The van der Waals surface area contributed by atoms with Gasteiger partial charge in [-0.05, 0) is 5.92 Å². The van der Waals surface area contributed by atoms with E-state index in [1.54, 1.807) is 0 Å². The third-order valence-corrected chi connectivity index (χ3v) is 2.66. The standard InChI is InChI=1S/C9H18N3/c1-8(2)9-6-12(3,7-10)5-4-11-9/h8-9,11H,4-6H2,1-3H3/q+1. The molecule has 68 valence electrons. The predicted molar refractivity (Wildman–Crippen MR) is 48.2 cm³/mol. The minimum atomic E-state index is 0.503. The summed E-state index contributed by atoms with van der Waals surface area (Å²) in [5.74, 6) is 0.621. The van der Waals surface area contributed by atoms with Crippen LogP contribution in [0.2, 0.25) is 0 Å². The number of nitrogens with zero attached hydrogens (tertiary/aromatic N) is 2. The number of quaternary nitrogens is 1. The summed E-state index contributed by atoms with van der Waals surface area (Å²) in [6.45, 7) is 7.23. The summed E-state index contributed by atoms with van der Waals surface area (Å²) in [7, 11) is 2.01. The van der Waals surface area contributed by atoms with Crippen LogP contribution < -0.4 is 5.32 Å². The highest BCUT2D eigenvalue weighted by atomic mass is 15.4. The molecule has 3 heteroatoms. The van der Waals surface area contributed by atoms with Gasteiger partial charge >= 0.3 is 6.19 Å². The lowest BCUT2D eigenvalue weighted by atomic mass is 10.0. The predicted octanol–water partition coefficient (Wildman–Crippen LogP) is 0.542. The van der Waals surface area contributed by atoms with Crippen molar-refractivity contribution in [3.05, 3.63) is 0 Å². The first-order chi connectivity index (χ1) is 5.57. The van der Waals surface area contributed by atoms with E-state index in [-0.39, 0.29) is 0 Å².